The molecule has 2 aliphatic heterocycles. The summed E-state index contributed by atoms with van der Waals surface area (Å²) in [5, 5.41) is 0. The van der Waals surface area contributed by atoms with E-state index in [4.69, 9.17) is 4.74 Å². The number of carbonyl (C=O) groups is 2. The standard InChI is InChI=1S/C24H28N2O4/c1-3-25-13-12-18(14-21(25)27)22(28)26-19-10-11-20(26)24(16-19,23(29)30-4-2)15-17-8-6-5-7-9-17/h5-9,12-14,19-20H,3-4,10-11,15-16H2,1-2H3/t19-,20+,24+/m1/s1. The first-order chi connectivity index (χ1) is 14.5. The van der Waals surface area contributed by atoms with Crippen LogP contribution in [0.2, 0.25) is 0 Å². The van der Waals surface area contributed by atoms with Gasteiger partial charge in [-0.15, -0.1) is 0 Å². The predicted octanol–water partition coefficient (Wildman–Crippen LogP) is 3.04. The topological polar surface area (TPSA) is 68.6 Å². The first-order valence-electron chi connectivity index (χ1n) is 10.7. The van der Waals surface area contributed by atoms with Gasteiger partial charge in [0.1, 0.15) is 0 Å². The lowest BCUT2D eigenvalue weighted by Crippen LogP contribution is -2.47. The molecule has 0 saturated carbocycles. The van der Waals surface area contributed by atoms with Crippen molar-refractivity contribution >= 4 is 11.9 Å². The minimum Gasteiger partial charge on any atom is -0.465 e. The van der Waals surface area contributed by atoms with Gasteiger partial charge in [0.05, 0.1) is 12.0 Å². The van der Waals surface area contributed by atoms with Crippen molar-refractivity contribution in [2.45, 2.75) is 58.2 Å². The fourth-order valence-corrected chi connectivity index (χ4v) is 5.26. The van der Waals surface area contributed by atoms with Gasteiger partial charge in [0.15, 0.2) is 0 Å². The van der Waals surface area contributed by atoms with Gasteiger partial charge in [-0.1, -0.05) is 30.3 Å². The van der Waals surface area contributed by atoms with Crippen LogP contribution < -0.4 is 5.56 Å². The quantitative estimate of drug-likeness (QED) is 0.689. The Hall–Kier alpha value is -2.89. The number of rotatable bonds is 6. The molecular weight excluding hydrogens is 380 g/mol. The minimum atomic E-state index is -0.742. The Labute approximate surface area is 176 Å². The third-order valence-electron chi connectivity index (χ3n) is 6.60. The van der Waals surface area contributed by atoms with Crippen LogP contribution in [0.1, 0.15) is 49.0 Å². The van der Waals surface area contributed by atoms with Crippen molar-refractivity contribution in [2.24, 2.45) is 5.41 Å². The number of carbonyl (C=O) groups excluding carboxylic acids is 2. The van der Waals surface area contributed by atoms with Gasteiger partial charge in [0.25, 0.3) is 11.5 Å². The number of hydrogen-bond donors (Lipinski definition) is 0. The van der Waals surface area contributed by atoms with E-state index in [1.54, 1.807) is 16.8 Å². The van der Waals surface area contributed by atoms with Gasteiger partial charge >= 0.3 is 5.97 Å². The molecule has 1 aromatic carbocycles. The van der Waals surface area contributed by atoms with Crippen LogP contribution in [0.3, 0.4) is 0 Å². The van der Waals surface area contributed by atoms with E-state index in [1.807, 2.05) is 49.1 Å². The van der Waals surface area contributed by atoms with E-state index in [1.165, 1.54) is 6.07 Å². The highest BCUT2D eigenvalue weighted by Gasteiger charge is 2.62. The molecule has 6 heteroatoms. The lowest BCUT2D eigenvalue weighted by atomic mass is 9.70. The van der Waals surface area contributed by atoms with E-state index >= 15 is 0 Å². The average molecular weight is 408 g/mol. The molecule has 2 saturated heterocycles. The molecule has 4 rings (SSSR count). The molecule has 2 aromatic rings. The van der Waals surface area contributed by atoms with Crippen molar-refractivity contribution in [1.82, 2.24) is 9.47 Å². The Balaban J connectivity index is 1.68. The highest BCUT2D eigenvalue weighted by molar-refractivity contribution is 5.96. The van der Waals surface area contributed by atoms with E-state index in [-0.39, 0.29) is 29.5 Å². The van der Waals surface area contributed by atoms with Crippen molar-refractivity contribution in [3.63, 3.8) is 0 Å². The molecule has 0 aliphatic carbocycles. The van der Waals surface area contributed by atoms with Gasteiger partial charge in [-0.3, -0.25) is 14.4 Å². The first-order valence-corrected chi connectivity index (χ1v) is 10.7. The van der Waals surface area contributed by atoms with Crippen molar-refractivity contribution in [1.29, 1.82) is 0 Å². The second kappa shape index (κ2) is 8.09. The summed E-state index contributed by atoms with van der Waals surface area (Å²) in [6.45, 7) is 4.58. The molecule has 30 heavy (non-hydrogen) atoms. The van der Waals surface area contributed by atoms with E-state index in [0.29, 0.717) is 31.6 Å². The average Bonchev–Trinajstić information content (AvgIpc) is 3.30. The Morgan fingerprint density at radius 1 is 1.13 bits per heavy atom. The summed E-state index contributed by atoms with van der Waals surface area (Å²) in [5.41, 5.74) is 0.529. The van der Waals surface area contributed by atoms with Crippen LogP contribution >= 0.6 is 0 Å². The second-order valence-electron chi connectivity index (χ2n) is 8.24. The van der Waals surface area contributed by atoms with Crippen molar-refractivity contribution in [3.8, 4) is 0 Å². The number of ether oxygens (including phenoxy) is 1. The predicted molar refractivity (Wildman–Crippen MR) is 113 cm³/mol. The number of aryl methyl sites for hydroxylation is 1. The number of pyridine rings is 1. The third kappa shape index (κ3) is 3.34. The van der Waals surface area contributed by atoms with Gasteiger partial charge in [-0.05, 0) is 51.2 Å². The van der Waals surface area contributed by atoms with Gasteiger partial charge in [0.2, 0.25) is 0 Å². The van der Waals surface area contributed by atoms with Crippen LogP contribution in [0.15, 0.2) is 53.5 Å². The molecule has 1 amide bonds. The molecule has 3 atom stereocenters. The Kier molecular flexibility index (Phi) is 5.50. The smallest absolute Gasteiger partial charge is 0.314 e. The zero-order chi connectivity index (χ0) is 21.3. The zero-order valence-electron chi connectivity index (χ0n) is 17.5. The van der Waals surface area contributed by atoms with Gasteiger partial charge in [-0.2, -0.15) is 0 Å². The monoisotopic (exact) mass is 408 g/mol. The number of fused-ring (bicyclic) bond motifs is 2. The fraction of sp³-hybridized carbons (Fsp3) is 0.458. The SMILES string of the molecule is CCOC(=O)[C@@]1(Cc2ccccc2)C[C@H]2CC[C@@H]1N2C(=O)c1ccn(CC)c(=O)c1. The molecule has 158 valence electrons. The maximum atomic E-state index is 13.4. The fourth-order valence-electron chi connectivity index (χ4n) is 5.26. The maximum absolute atomic E-state index is 13.4. The lowest BCUT2D eigenvalue weighted by Gasteiger charge is -2.35. The molecule has 3 heterocycles. The van der Waals surface area contributed by atoms with E-state index in [2.05, 4.69) is 0 Å². The number of esters is 1. The van der Waals surface area contributed by atoms with E-state index in [9.17, 15) is 14.4 Å². The first kappa shape index (κ1) is 20.4. The van der Waals surface area contributed by atoms with Crippen molar-refractivity contribution in [2.75, 3.05) is 6.61 Å². The second-order valence-corrected chi connectivity index (χ2v) is 8.24. The molecule has 2 bridgehead atoms. The molecule has 2 fully saturated rings. The summed E-state index contributed by atoms with van der Waals surface area (Å²) in [4.78, 5) is 40.7. The zero-order valence-corrected chi connectivity index (χ0v) is 17.5. The van der Waals surface area contributed by atoms with Crippen molar-refractivity contribution in [3.05, 3.63) is 70.1 Å². The van der Waals surface area contributed by atoms with Crippen LogP contribution in [0, 0.1) is 5.41 Å². The molecule has 1 aromatic heterocycles. The number of aromatic nitrogens is 1. The molecule has 0 radical (unpaired) electrons. The summed E-state index contributed by atoms with van der Waals surface area (Å²) < 4.78 is 7.07. The normalized spacial score (nSPS) is 24.8. The molecule has 6 nitrogen and oxygen atoms in total. The minimum absolute atomic E-state index is 0.00998. The maximum Gasteiger partial charge on any atom is 0.314 e. The van der Waals surface area contributed by atoms with Crippen LogP contribution in [-0.2, 0) is 22.5 Å². The summed E-state index contributed by atoms with van der Waals surface area (Å²) in [6.07, 6.45) is 4.46. The van der Waals surface area contributed by atoms with E-state index in [0.717, 1.165) is 18.4 Å². The van der Waals surface area contributed by atoms with Crippen LogP contribution in [-0.4, -0.2) is 40.0 Å². The highest BCUT2D eigenvalue weighted by atomic mass is 16.5. The summed E-state index contributed by atoms with van der Waals surface area (Å²) >= 11 is 0. The van der Waals surface area contributed by atoms with E-state index < -0.39 is 5.41 Å². The van der Waals surface area contributed by atoms with Gasteiger partial charge < -0.3 is 14.2 Å². The number of benzene rings is 1. The molecule has 0 N–H and O–H groups in total. The Bertz CT molecular complexity index is 1000. The summed E-state index contributed by atoms with van der Waals surface area (Å²) in [5.74, 6) is -0.387. The lowest BCUT2D eigenvalue weighted by molar-refractivity contribution is -0.157. The summed E-state index contributed by atoms with van der Waals surface area (Å²) in [7, 11) is 0. The Morgan fingerprint density at radius 3 is 2.57 bits per heavy atom. The molecule has 2 aliphatic rings. The number of nitrogens with zero attached hydrogens (tertiary/aromatic N) is 2. The van der Waals surface area contributed by atoms with Crippen LogP contribution in [0.25, 0.3) is 0 Å². The van der Waals surface area contributed by atoms with Gasteiger partial charge in [-0.25, -0.2) is 0 Å². The highest BCUT2D eigenvalue weighted by Crippen LogP contribution is 2.52. The van der Waals surface area contributed by atoms with Crippen LogP contribution in [0.4, 0.5) is 0 Å². The molecular formula is C24H28N2O4. The Morgan fingerprint density at radius 2 is 1.90 bits per heavy atom. The molecule has 0 unspecified atom stereocenters. The summed E-state index contributed by atoms with van der Waals surface area (Å²) in [6, 6.07) is 12.8. The number of hydrogen-bond acceptors (Lipinski definition) is 4. The van der Waals surface area contributed by atoms with Gasteiger partial charge in [0, 0.05) is 36.5 Å². The largest absolute Gasteiger partial charge is 0.465 e. The van der Waals surface area contributed by atoms with Crippen molar-refractivity contribution < 1.29 is 14.3 Å². The molecule has 0 spiro atoms. The third-order valence-corrected chi connectivity index (χ3v) is 6.60. The number of amides is 1. The van der Waals surface area contributed by atoms with Crippen LogP contribution in [0.5, 0.6) is 0 Å².